The van der Waals surface area contributed by atoms with Crippen LogP contribution in [0.15, 0.2) is 17.1 Å². The second-order valence-electron chi connectivity index (χ2n) is 7.88. The van der Waals surface area contributed by atoms with Gasteiger partial charge in [-0.15, -0.1) is 0 Å². The van der Waals surface area contributed by atoms with Gasteiger partial charge in [-0.25, -0.2) is 9.47 Å². The maximum atomic E-state index is 13.2. The molecule has 1 fully saturated rings. The van der Waals surface area contributed by atoms with Gasteiger partial charge in [0.1, 0.15) is 5.60 Å². The van der Waals surface area contributed by atoms with Gasteiger partial charge in [-0.3, -0.25) is 14.4 Å². The maximum Gasteiger partial charge on any atom is 0.431 e. The van der Waals surface area contributed by atoms with E-state index in [9.17, 15) is 19.2 Å². The molecule has 2 aliphatic rings. The van der Waals surface area contributed by atoms with Crippen molar-refractivity contribution in [1.29, 1.82) is 0 Å². The Labute approximate surface area is 173 Å². The van der Waals surface area contributed by atoms with Crippen molar-refractivity contribution in [2.75, 3.05) is 24.8 Å². The van der Waals surface area contributed by atoms with Crippen LogP contribution in [0.25, 0.3) is 0 Å². The van der Waals surface area contributed by atoms with Crippen LogP contribution in [0.3, 0.4) is 0 Å². The fraction of sp³-hybridized carbons (Fsp3) is 0.579. The first-order valence-corrected chi connectivity index (χ1v) is 9.50. The van der Waals surface area contributed by atoms with Crippen molar-refractivity contribution >= 4 is 18.0 Å². The second kappa shape index (κ2) is 7.98. The van der Waals surface area contributed by atoms with Crippen molar-refractivity contribution in [1.82, 2.24) is 9.58 Å². The lowest BCUT2D eigenvalue weighted by Gasteiger charge is -2.46. The first-order chi connectivity index (χ1) is 14.0. The lowest BCUT2D eigenvalue weighted by Crippen LogP contribution is -2.67. The molecular formula is C19H25N3O8. The number of morpholine rings is 1. The zero-order valence-corrected chi connectivity index (χ0v) is 17.5. The van der Waals surface area contributed by atoms with Crippen LogP contribution >= 0.6 is 0 Å². The summed E-state index contributed by atoms with van der Waals surface area (Å²) in [5.41, 5.74) is -1.55. The quantitative estimate of drug-likeness (QED) is 0.518. The molecule has 0 aliphatic carbocycles. The summed E-state index contributed by atoms with van der Waals surface area (Å²) in [4.78, 5) is 51.4. The SMILES string of the molecule is CC(=O)OC(C)Oc1c2n(ccc1=O)N(C(=O)OC(C)(C)C)[C@@H]1COCCN1C2=O. The number of hydrogen-bond donors (Lipinski definition) is 0. The van der Waals surface area contributed by atoms with Crippen molar-refractivity contribution in [3.8, 4) is 5.75 Å². The van der Waals surface area contributed by atoms with Crippen LogP contribution in [-0.4, -0.2) is 65.4 Å². The van der Waals surface area contributed by atoms with Gasteiger partial charge in [0.05, 0.1) is 13.2 Å². The molecule has 0 spiro atoms. The first-order valence-electron chi connectivity index (χ1n) is 9.50. The van der Waals surface area contributed by atoms with Crippen LogP contribution in [-0.2, 0) is 19.0 Å². The fourth-order valence-corrected chi connectivity index (χ4v) is 3.25. The molecule has 0 bridgehead atoms. The molecule has 1 saturated heterocycles. The minimum absolute atomic E-state index is 0.0800. The summed E-state index contributed by atoms with van der Waals surface area (Å²) in [6, 6.07) is 1.16. The molecule has 1 aromatic rings. The molecule has 0 N–H and O–H groups in total. The molecule has 2 amide bonds. The summed E-state index contributed by atoms with van der Waals surface area (Å²) in [5, 5.41) is 1.21. The minimum Gasteiger partial charge on any atom is -0.448 e. The van der Waals surface area contributed by atoms with Crippen LogP contribution in [0, 0.1) is 0 Å². The van der Waals surface area contributed by atoms with Crippen molar-refractivity contribution in [3.05, 3.63) is 28.2 Å². The average Bonchev–Trinajstić information content (AvgIpc) is 2.62. The van der Waals surface area contributed by atoms with Crippen molar-refractivity contribution in [3.63, 3.8) is 0 Å². The largest absolute Gasteiger partial charge is 0.448 e. The lowest BCUT2D eigenvalue weighted by atomic mass is 10.2. The normalized spacial score (nSPS) is 19.5. The van der Waals surface area contributed by atoms with E-state index in [0.29, 0.717) is 0 Å². The summed E-state index contributed by atoms with van der Waals surface area (Å²) < 4.78 is 22.6. The van der Waals surface area contributed by atoms with E-state index < -0.39 is 41.5 Å². The Bertz CT molecular complexity index is 919. The Hall–Kier alpha value is -3.08. The molecule has 3 rings (SSSR count). The summed E-state index contributed by atoms with van der Waals surface area (Å²) >= 11 is 0. The predicted molar refractivity (Wildman–Crippen MR) is 103 cm³/mol. The minimum atomic E-state index is -1.12. The van der Waals surface area contributed by atoms with Gasteiger partial charge >= 0.3 is 12.1 Å². The Balaban J connectivity index is 2.11. The molecule has 1 unspecified atom stereocenters. The molecule has 30 heavy (non-hydrogen) atoms. The number of rotatable bonds is 3. The zero-order chi connectivity index (χ0) is 22.2. The zero-order valence-electron chi connectivity index (χ0n) is 17.5. The van der Waals surface area contributed by atoms with E-state index in [0.717, 1.165) is 6.07 Å². The first kappa shape index (κ1) is 21.6. The molecule has 3 heterocycles. The van der Waals surface area contributed by atoms with E-state index in [4.69, 9.17) is 18.9 Å². The monoisotopic (exact) mass is 423 g/mol. The molecule has 0 aromatic carbocycles. The summed E-state index contributed by atoms with van der Waals surface area (Å²) in [5.74, 6) is -1.44. The van der Waals surface area contributed by atoms with Crippen LogP contribution in [0.4, 0.5) is 4.79 Å². The molecule has 2 aliphatic heterocycles. The van der Waals surface area contributed by atoms with E-state index in [2.05, 4.69) is 0 Å². The van der Waals surface area contributed by atoms with E-state index in [1.807, 2.05) is 0 Å². The van der Waals surface area contributed by atoms with Crippen molar-refractivity contribution in [2.45, 2.75) is 52.7 Å². The van der Waals surface area contributed by atoms with Crippen molar-refractivity contribution < 1.29 is 33.3 Å². The van der Waals surface area contributed by atoms with E-state index in [1.54, 1.807) is 20.8 Å². The third-order valence-electron chi connectivity index (χ3n) is 4.31. The number of aromatic nitrogens is 1. The van der Waals surface area contributed by atoms with Crippen LogP contribution in [0.1, 0.15) is 45.1 Å². The van der Waals surface area contributed by atoms with Gasteiger partial charge in [-0.2, -0.15) is 5.01 Å². The van der Waals surface area contributed by atoms with Gasteiger partial charge in [0, 0.05) is 32.7 Å². The molecular weight excluding hydrogens is 398 g/mol. The Morgan fingerprint density at radius 1 is 1.27 bits per heavy atom. The van der Waals surface area contributed by atoms with Gasteiger partial charge in [0.15, 0.2) is 11.9 Å². The van der Waals surface area contributed by atoms with Gasteiger partial charge in [0.2, 0.25) is 17.5 Å². The highest BCUT2D eigenvalue weighted by Crippen LogP contribution is 2.28. The Kier molecular flexibility index (Phi) is 5.75. The molecule has 164 valence electrons. The van der Waals surface area contributed by atoms with E-state index in [-0.39, 0.29) is 31.2 Å². The molecule has 0 radical (unpaired) electrons. The van der Waals surface area contributed by atoms with Crippen molar-refractivity contribution in [2.24, 2.45) is 0 Å². The molecule has 11 nitrogen and oxygen atoms in total. The number of ether oxygens (including phenoxy) is 4. The smallest absolute Gasteiger partial charge is 0.431 e. The summed E-state index contributed by atoms with van der Waals surface area (Å²) in [7, 11) is 0. The standard InChI is InChI=1S/C19H25N3O8/c1-11(23)28-12(2)29-16-13(24)6-7-21-15(16)17(25)20-8-9-27-10-14(20)22(21)18(26)30-19(3,4)5/h6-7,12,14H,8-10H2,1-5H3/t12?,14-/m1/s1. The molecule has 11 heteroatoms. The van der Waals surface area contributed by atoms with Gasteiger partial charge in [-0.05, 0) is 20.8 Å². The molecule has 1 aromatic heterocycles. The van der Waals surface area contributed by atoms with Crippen LogP contribution < -0.4 is 15.2 Å². The highest BCUT2D eigenvalue weighted by molar-refractivity contribution is 5.98. The van der Waals surface area contributed by atoms with E-state index >= 15 is 0 Å². The number of carbonyl (C=O) groups excluding carboxylic acids is 3. The fourth-order valence-electron chi connectivity index (χ4n) is 3.25. The number of carbonyl (C=O) groups is 3. The Morgan fingerprint density at radius 2 is 1.97 bits per heavy atom. The predicted octanol–water partition coefficient (Wildman–Crippen LogP) is 0.821. The highest BCUT2D eigenvalue weighted by Gasteiger charge is 2.45. The number of nitrogens with zero attached hydrogens (tertiary/aromatic N) is 3. The third-order valence-corrected chi connectivity index (χ3v) is 4.31. The van der Waals surface area contributed by atoms with Gasteiger partial charge in [0.25, 0.3) is 5.91 Å². The lowest BCUT2D eigenvalue weighted by molar-refractivity contribution is -0.158. The number of amides is 2. The van der Waals surface area contributed by atoms with Gasteiger partial charge in [-0.1, -0.05) is 0 Å². The average molecular weight is 423 g/mol. The summed E-state index contributed by atoms with van der Waals surface area (Å²) in [6.07, 6.45) is -1.30. The molecule has 0 saturated carbocycles. The number of esters is 1. The Morgan fingerprint density at radius 3 is 2.60 bits per heavy atom. The molecule has 2 atom stereocenters. The van der Waals surface area contributed by atoms with Crippen LogP contribution in [0.5, 0.6) is 5.75 Å². The number of hydrogen-bond acceptors (Lipinski definition) is 8. The number of fused-ring (bicyclic) bond motifs is 2. The second-order valence-corrected chi connectivity index (χ2v) is 7.88. The van der Waals surface area contributed by atoms with Gasteiger partial charge < -0.3 is 23.8 Å². The third kappa shape index (κ3) is 4.25. The maximum absolute atomic E-state index is 13.2. The number of pyridine rings is 1. The highest BCUT2D eigenvalue weighted by atomic mass is 16.7. The topological polar surface area (TPSA) is 117 Å². The van der Waals surface area contributed by atoms with Crippen LogP contribution in [0.2, 0.25) is 0 Å². The van der Waals surface area contributed by atoms with E-state index in [1.165, 1.54) is 34.6 Å². The summed E-state index contributed by atoms with van der Waals surface area (Å²) in [6.45, 7) is 8.34.